The summed E-state index contributed by atoms with van der Waals surface area (Å²) >= 11 is 0. The van der Waals surface area contributed by atoms with Crippen molar-refractivity contribution < 1.29 is 14.6 Å². The molecule has 0 atom stereocenters. The Balaban J connectivity index is 2.96. The molecule has 2 rings (SSSR count). The molecule has 2 aromatic rings. The molecular weight excluding hydrogens is 196 g/mol. The molecule has 78 valence electrons. The highest BCUT2D eigenvalue weighted by molar-refractivity contribution is 5.81. The number of hydrogen-bond acceptors (Lipinski definition) is 4. The van der Waals surface area contributed by atoms with E-state index in [0.717, 1.165) is 0 Å². The second-order valence-corrected chi connectivity index (χ2v) is 3.36. The summed E-state index contributed by atoms with van der Waals surface area (Å²) in [5, 5.41) is 18.7. The van der Waals surface area contributed by atoms with Gasteiger partial charge < -0.3 is 14.6 Å². The maximum atomic E-state index is 11.6. The first-order valence-corrected chi connectivity index (χ1v) is 4.49. The lowest BCUT2D eigenvalue weighted by Gasteiger charge is -2.04. The van der Waals surface area contributed by atoms with E-state index in [1.165, 1.54) is 18.2 Å². The fourth-order valence-corrected chi connectivity index (χ4v) is 1.60. The molecular formula is C11H10O4. The van der Waals surface area contributed by atoms with Crippen LogP contribution in [0.15, 0.2) is 27.4 Å². The molecule has 0 amide bonds. The van der Waals surface area contributed by atoms with Gasteiger partial charge in [0.15, 0.2) is 5.43 Å². The second kappa shape index (κ2) is 3.40. The van der Waals surface area contributed by atoms with Gasteiger partial charge in [0, 0.05) is 12.1 Å². The minimum atomic E-state index is -0.307. The van der Waals surface area contributed by atoms with E-state index in [9.17, 15) is 9.90 Å². The third-order valence-electron chi connectivity index (χ3n) is 2.19. The summed E-state index contributed by atoms with van der Waals surface area (Å²) in [4.78, 5) is 11.6. The number of fused-ring (bicyclic) bond motifs is 1. The van der Waals surface area contributed by atoms with Crippen molar-refractivity contribution >= 4 is 11.0 Å². The van der Waals surface area contributed by atoms with E-state index in [2.05, 4.69) is 0 Å². The number of phenolic OH excluding ortho intramolecular Hbond substituents is 1. The molecule has 0 spiro atoms. The van der Waals surface area contributed by atoms with Crippen LogP contribution in [-0.2, 0) is 6.61 Å². The smallest absolute Gasteiger partial charge is 0.193 e. The zero-order valence-corrected chi connectivity index (χ0v) is 8.15. The van der Waals surface area contributed by atoms with Crippen molar-refractivity contribution in [2.24, 2.45) is 0 Å². The maximum Gasteiger partial charge on any atom is 0.193 e. The lowest BCUT2D eigenvalue weighted by Crippen LogP contribution is -2.03. The second-order valence-electron chi connectivity index (χ2n) is 3.36. The quantitative estimate of drug-likeness (QED) is 0.737. The molecule has 0 aliphatic heterocycles. The summed E-state index contributed by atoms with van der Waals surface area (Å²) in [6.45, 7) is 1.35. The molecule has 15 heavy (non-hydrogen) atoms. The van der Waals surface area contributed by atoms with E-state index in [1.807, 2.05) is 0 Å². The normalized spacial score (nSPS) is 10.8. The molecule has 0 bridgehead atoms. The Morgan fingerprint density at radius 1 is 1.33 bits per heavy atom. The van der Waals surface area contributed by atoms with Crippen LogP contribution in [0.3, 0.4) is 0 Å². The van der Waals surface area contributed by atoms with Gasteiger partial charge >= 0.3 is 0 Å². The molecule has 1 heterocycles. The Labute approximate surface area is 85.4 Å². The van der Waals surface area contributed by atoms with E-state index in [-0.39, 0.29) is 17.8 Å². The van der Waals surface area contributed by atoms with Gasteiger partial charge in [0.05, 0.1) is 12.0 Å². The van der Waals surface area contributed by atoms with Crippen LogP contribution in [0.25, 0.3) is 11.0 Å². The summed E-state index contributed by atoms with van der Waals surface area (Å²) in [7, 11) is 0. The van der Waals surface area contributed by atoms with Crippen molar-refractivity contribution in [2.45, 2.75) is 13.5 Å². The van der Waals surface area contributed by atoms with Gasteiger partial charge in [-0.1, -0.05) is 0 Å². The molecule has 0 saturated carbocycles. The number of benzene rings is 1. The Hall–Kier alpha value is -1.81. The van der Waals surface area contributed by atoms with Crippen molar-refractivity contribution in [3.63, 3.8) is 0 Å². The third-order valence-corrected chi connectivity index (χ3v) is 2.19. The summed E-state index contributed by atoms with van der Waals surface area (Å²) in [6.07, 6.45) is 0. The van der Waals surface area contributed by atoms with Gasteiger partial charge in [-0.25, -0.2) is 0 Å². The monoisotopic (exact) mass is 206 g/mol. The molecule has 0 radical (unpaired) electrons. The Bertz CT molecular complexity index is 563. The molecule has 4 nitrogen and oxygen atoms in total. The van der Waals surface area contributed by atoms with Gasteiger partial charge in [-0.15, -0.1) is 0 Å². The highest BCUT2D eigenvalue weighted by atomic mass is 16.3. The van der Waals surface area contributed by atoms with Gasteiger partial charge in [0.1, 0.15) is 17.1 Å². The number of hydrogen-bond donors (Lipinski definition) is 2. The summed E-state index contributed by atoms with van der Waals surface area (Å²) in [5.41, 5.74) is 0.459. The number of rotatable bonds is 1. The van der Waals surface area contributed by atoms with E-state index < -0.39 is 0 Å². The minimum absolute atomic E-state index is 0.0275. The predicted octanol–water partition coefficient (Wildman–Crippen LogP) is 1.30. The zero-order valence-electron chi connectivity index (χ0n) is 8.15. The number of aromatic hydroxyl groups is 1. The van der Waals surface area contributed by atoms with Crippen molar-refractivity contribution in [2.75, 3.05) is 0 Å². The summed E-state index contributed by atoms with van der Waals surface area (Å²) in [5.74, 6) is 0.447. The Kier molecular flexibility index (Phi) is 2.21. The number of aryl methyl sites for hydroxylation is 1. The van der Waals surface area contributed by atoms with Crippen LogP contribution in [0.2, 0.25) is 0 Å². The zero-order chi connectivity index (χ0) is 11.0. The average molecular weight is 206 g/mol. The fraction of sp³-hybridized carbons (Fsp3) is 0.182. The van der Waals surface area contributed by atoms with Gasteiger partial charge in [0.2, 0.25) is 0 Å². The van der Waals surface area contributed by atoms with Gasteiger partial charge in [-0.05, 0) is 18.6 Å². The van der Waals surface area contributed by atoms with E-state index in [1.54, 1.807) is 6.92 Å². The molecule has 1 aromatic heterocycles. The molecule has 0 unspecified atom stereocenters. The lowest BCUT2D eigenvalue weighted by atomic mass is 10.1. The van der Waals surface area contributed by atoms with E-state index in [4.69, 9.17) is 9.52 Å². The number of aliphatic hydroxyl groups excluding tert-OH is 1. The molecule has 2 N–H and O–H groups in total. The Morgan fingerprint density at radius 2 is 2.07 bits per heavy atom. The van der Waals surface area contributed by atoms with Crippen molar-refractivity contribution in [1.29, 1.82) is 0 Å². The predicted molar refractivity (Wildman–Crippen MR) is 54.8 cm³/mol. The first-order valence-electron chi connectivity index (χ1n) is 4.49. The topological polar surface area (TPSA) is 70.7 Å². The molecule has 0 aliphatic carbocycles. The average Bonchev–Trinajstić information content (AvgIpc) is 2.14. The van der Waals surface area contributed by atoms with E-state index >= 15 is 0 Å². The molecule has 0 fully saturated rings. The highest BCUT2D eigenvalue weighted by Crippen LogP contribution is 2.22. The van der Waals surface area contributed by atoms with Crippen molar-refractivity contribution in [3.05, 3.63) is 39.7 Å². The van der Waals surface area contributed by atoms with Crippen LogP contribution in [-0.4, -0.2) is 10.2 Å². The molecule has 1 aromatic carbocycles. The summed E-state index contributed by atoms with van der Waals surface area (Å²) in [6, 6.07) is 4.08. The first-order chi connectivity index (χ1) is 7.11. The summed E-state index contributed by atoms with van der Waals surface area (Å²) < 4.78 is 5.29. The lowest BCUT2D eigenvalue weighted by molar-refractivity contribution is 0.282. The fourth-order valence-electron chi connectivity index (χ4n) is 1.60. The Morgan fingerprint density at radius 3 is 2.73 bits per heavy atom. The van der Waals surface area contributed by atoms with Gasteiger partial charge in [-0.3, -0.25) is 4.79 Å². The SMILES string of the molecule is Cc1cc(=O)c2c(CO)cc(O)cc2o1. The number of phenols is 1. The van der Waals surface area contributed by atoms with Crippen molar-refractivity contribution in [1.82, 2.24) is 0 Å². The first kappa shape index (κ1) is 9.73. The van der Waals surface area contributed by atoms with Gasteiger partial charge in [-0.2, -0.15) is 0 Å². The van der Waals surface area contributed by atoms with Crippen molar-refractivity contribution in [3.8, 4) is 5.75 Å². The largest absolute Gasteiger partial charge is 0.508 e. The molecule has 4 heteroatoms. The van der Waals surface area contributed by atoms with Crippen LogP contribution in [0, 0.1) is 6.92 Å². The van der Waals surface area contributed by atoms with Crippen LogP contribution in [0.4, 0.5) is 0 Å². The maximum absolute atomic E-state index is 11.6. The standard InChI is InChI=1S/C11H10O4/c1-6-2-9(14)11-7(5-12)3-8(13)4-10(11)15-6/h2-4,12-13H,5H2,1H3. The van der Waals surface area contributed by atoms with Crippen LogP contribution in [0.5, 0.6) is 5.75 Å². The minimum Gasteiger partial charge on any atom is -0.508 e. The molecule has 0 aliphatic rings. The van der Waals surface area contributed by atoms with Crippen LogP contribution in [0.1, 0.15) is 11.3 Å². The van der Waals surface area contributed by atoms with E-state index in [0.29, 0.717) is 22.3 Å². The van der Waals surface area contributed by atoms with Crippen LogP contribution >= 0.6 is 0 Å². The highest BCUT2D eigenvalue weighted by Gasteiger charge is 2.09. The van der Waals surface area contributed by atoms with Crippen LogP contribution < -0.4 is 5.43 Å². The third kappa shape index (κ3) is 1.59. The van der Waals surface area contributed by atoms with Gasteiger partial charge in [0.25, 0.3) is 0 Å². The number of aliphatic hydroxyl groups is 1. The molecule has 0 saturated heterocycles.